The molecule has 27 heavy (non-hydrogen) atoms. The SMILES string of the molecule is N[C@]1(c2ccccc2)CCCC[C@@]1(NS(=O)(=O)C(F)(F)F)c1ccccc1. The molecule has 0 amide bonds. The average molecular weight is 398 g/mol. The van der Waals surface area contributed by atoms with Gasteiger partial charge in [-0.1, -0.05) is 73.5 Å². The number of hydrogen-bond acceptors (Lipinski definition) is 3. The molecule has 0 heterocycles. The molecule has 4 nitrogen and oxygen atoms in total. The Morgan fingerprint density at radius 1 is 0.852 bits per heavy atom. The number of sulfonamides is 1. The van der Waals surface area contributed by atoms with Crippen molar-refractivity contribution in [2.75, 3.05) is 0 Å². The maximum Gasteiger partial charge on any atom is 0.511 e. The van der Waals surface area contributed by atoms with Gasteiger partial charge in [-0.05, 0) is 24.0 Å². The lowest BCUT2D eigenvalue weighted by Crippen LogP contribution is -2.66. The summed E-state index contributed by atoms with van der Waals surface area (Å²) in [6, 6.07) is 17.0. The quantitative estimate of drug-likeness (QED) is 0.824. The maximum atomic E-state index is 13.2. The van der Waals surface area contributed by atoms with Crippen LogP contribution < -0.4 is 10.5 Å². The molecule has 0 bridgehead atoms. The first-order valence-electron chi connectivity index (χ1n) is 8.63. The predicted octanol–water partition coefficient (Wildman–Crippen LogP) is 3.75. The summed E-state index contributed by atoms with van der Waals surface area (Å²) in [7, 11) is -5.61. The molecule has 8 heteroatoms. The standard InChI is InChI=1S/C19H21F3N2O2S/c20-19(21,22)27(25,26)24-18(16-11-5-2-6-12-16)14-8-7-13-17(18,23)15-9-3-1-4-10-15/h1-6,9-12,24H,7-8,13-14,23H2/t17-,18+/m0/s1. The van der Waals surface area contributed by atoms with E-state index in [1.54, 1.807) is 60.7 Å². The molecular weight excluding hydrogens is 377 g/mol. The van der Waals surface area contributed by atoms with Crippen molar-refractivity contribution in [2.45, 2.75) is 42.3 Å². The molecule has 3 rings (SSSR count). The van der Waals surface area contributed by atoms with Gasteiger partial charge in [0.2, 0.25) is 0 Å². The van der Waals surface area contributed by atoms with Crippen LogP contribution in [0.25, 0.3) is 0 Å². The Balaban J connectivity index is 2.25. The van der Waals surface area contributed by atoms with E-state index in [2.05, 4.69) is 0 Å². The maximum absolute atomic E-state index is 13.2. The van der Waals surface area contributed by atoms with Crippen LogP contribution in [0, 0.1) is 0 Å². The summed E-state index contributed by atoms with van der Waals surface area (Å²) in [6.45, 7) is 0. The molecule has 1 aliphatic rings. The lowest BCUT2D eigenvalue weighted by molar-refractivity contribution is -0.0470. The molecule has 2 atom stereocenters. The van der Waals surface area contributed by atoms with Gasteiger partial charge in [-0.2, -0.15) is 17.9 Å². The Kier molecular flexibility index (Phi) is 5.09. The molecule has 0 aromatic heterocycles. The first-order valence-corrected chi connectivity index (χ1v) is 10.1. The second kappa shape index (κ2) is 6.92. The van der Waals surface area contributed by atoms with E-state index in [0.717, 1.165) is 0 Å². The molecule has 146 valence electrons. The number of halogens is 3. The van der Waals surface area contributed by atoms with Gasteiger partial charge in [0, 0.05) is 0 Å². The van der Waals surface area contributed by atoms with Crippen LogP contribution in [0.1, 0.15) is 36.8 Å². The van der Waals surface area contributed by atoms with Crippen LogP contribution in [0.5, 0.6) is 0 Å². The normalized spacial score (nSPS) is 26.7. The van der Waals surface area contributed by atoms with E-state index in [1.807, 2.05) is 4.72 Å². The highest BCUT2D eigenvalue weighted by Gasteiger charge is 2.58. The number of hydrogen-bond donors (Lipinski definition) is 2. The van der Waals surface area contributed by atoms with Crippen molar-refractivity contribution in [1.29, 1.82) is 0 Å². The van der Waals surface area contributed by atoms with Gasteiger partial charge < -0.3 is 5.73 Å². The number of nitrogens with one attached hydrogen (secondary N) is 1. The van der Waals surface area contributed by atoms with Gasteiger partial charge in [-0.15, -0.1) is 0 Å². The summed E-state index contributed by atoms with van der Waals surface area (Å²) in [5, 5.41) is 0. The van der Waals surface area contributed by atoms with E-state index < -0.39 is 26.6 Å². The van der Waals surface area contributed by atoms with Gasteiger partial charge in [0.25, 0.3) is 0 Å². The Hall–Kier alpha value is -1.90. The van der Waals surface area contributed by atoms with Crippen molar-refractivity contribution >= 4 is 10.0 Å². The van der Waals surface area contributed by atoms with E-state index in [0.29, 0.717) is 30.4 Å². The number of benzene rings is 2. The van der Waals surface area contributed by atoms with Crippen LogP contribution in [0.4, 0.5) is 13.2 Å². The Labute approximate surface area is 156 Å². The van der Waals surface area contributed by atoms with E-state index >= 15 is 0 Å². The molecular formula is C19H21F3N2O2S. The van der Waals surface area contributed by atoms with Gasteiger partial charge in [0.05, 0.1) is 11.1 Å². The molecule has 1 saturated carbocycles. The molecule has 3 N–H and O–H groups in total. The fraction of sp³-hybridized carbons (Fsp3) is 0.368. The molecule has 1 aliphatic carbocycles. The zero-order valence-corrected chi connectivity index (χ0v) is 15.4. The van der Waals surface area contributed by atoms with Crippen LogP contribution >= 0.6 is 0 Å². The molecule has 0 radical (unpaired) electrons. The topological polar surface area (TPSA) is 72.2 Å². The van der Waals surface area contributed by atoms with Crippen LogP contribution in [0.2, 0.25) is 0 Å². The first kappa shape index (κ1) is 19.9. The zero-order valence-electron chi connectivity index (χ0n) is 14.5. The highest BCUT2D eigenvalue weighted by atomic mass is 32.2. The Bertz CT molecular complexity index is 888. The summed E-state index contributed by atoms with van der Waals surface area (Å²) < 4.78 is 65.9. The highest BCUT2D eigenvalue weighted by Crippen LogP contribution is 2.50. The van der Waals surface area contributed by atoms with Gasteiger partial charge in [0.1, 0.15) is 0 Å². The molecule has 2 aromatic rings. The monoisotopic (exact) mass is 398 g/mol. The Morgan fingerprint density at radius 3 is 1.85 bits per heavy atom. The fourth-order valence-corrected chi connectivity index (χ4v) is 4.95. The second-order valence-electron chi connectivity index (χ2n) is 6.87. The van der Waals surface area contributed by atoms with Crippen LogP contribution in [-0.2, 0) is 21.1 Å². The van der Waals surface area contributed by atoms with E-state index in [-0.39, 0.29) is 6.42 Å². The van der Waals surface area contributed by atoms with Crippen LogP contribution in [0.3, 0.4) is 0 Å². The largest absolute Gasteiger partial charge is 0.511 e. The number of alkyl halides is 3. The lowest BCUT2D eigenvalue weighted by atomic mass is 9.62. The van der Waals surface area contributed by atoms with Gasteiger partial charge in [-0.25, -0.2) is 8.42 Å². The smallest absolute Gasteiger partial charge is 0.320 e. The fourth-order valence-electron chi connectivity index (χ4n) is 3.97. The molecule has 1 fully saturated rings. The summed E-state index contributed by atoms with van der Waals surface area (Å²) in [5.74, 6) is 0. The number of rotatable bonds is 4. The van der Waals surface area contributed by atoms with Gasteiger partial charge >= 0.3 is 15.5 Å². The van der Waals surface area contributed by atoms with E-state index in [9.17, 15) is 21.6 Å². The van der Waals surface area contributed by atoms with Gasteiger partial charge in [0.15, 0.2) is 0 Å². The molecule has 2 aromatic carbocycles. The van der Waals surface area contributed by atoms with Crippen LogP contribution in [0.15, 0.2) is 60.7 Å². The van der Waals surface area contributed by atoms with Crippen molar-refractivity contribution < 1.29 is 21.6 Å². The highest BCUT2D eigenvalue weighted by molar-refractivity contribution is 7.90. The minimum absolute atomic E-state index is 0.164. The summed E-state index contributed by atoms with van der Waals surface area (Å²) in [5.41, 5.74) is -0.599. The average Bonchev–Trinajstić information content (AvgIpc) is 2.64. The first-order chi connectivity index (χ1) is 12.6. The summed E-state index contributed by atoms with van der Waals surface area (Å²) in [6.07, 6.45) is 1.76. The molecule has 0 spiro atoms. The third-order valence-electron chi connectivity index (χ3n) is 5.30. The van der Waals surface area contributed by atoms with E-state index in [4.69, 9.17) is 5.73 Å². The Morgan fingerprint density at radius 2 is 1.33 bits per heavy atom. The van der Waals surface area contributed by atoms with E-state index in [1.165, 1.54) is 0 Å². The minimum Gasteiger partial charge on any atom is -0.320 e. The van der Waals surface area contributed by atoms with Gasteiger partial charge in [-0.3, -0.25) is 0 Å². The molecule has 0 unspecified atom stereocenters. The third-order valence-corrected chi connectivity index (χ3v) is 6.53. The molecule has 0 saturated heterocycles. The van der Waals surface area contributed by atoms with Crippen molar-refractivity contribution in [1.82, 2.24) is 4.72 Å². The van der Waals surface area contributed by atoms with Crippen molar-refractivity contribution in [3.8, 4) is 0 Å². The summed E-state index contributed by atoms with van der Waals surface area (Å²) in [4.78, 5) is 0. The molecule has 0 aliphatic heterocycles. The van der Waals surface area contributed by atoms with Crippen LogP contribution in [-0.4, -0.2) is 13.9 Å². The predicted molar refractivity (Wildman–Crippen MR) is 97.0 cm³/mol. The zero-order chi connectivity index (χ0) is 19.8. The minimum atomic E-state index is -5.61. The summed E-state index contributed by atoms with van der Waals surface area (Å²) >= 11 is 0. The van der Waals surface area contributed by atoms with Crippen molar-refractivity contribution in [3.63, 3.8) is 0 Å². The second-order valence-corrected chi connectivity index (χ2v) is 8.54. The van der Waals surface area contributed by atoms with Crippen molar-refractivity contribution in [2.24, 2.45) is 5.73 Å². The van der Waals surface area contributed by atoms with Crippen molar-refractivity contribution in [3.05, 3.63) is 71.8 Å². The third kappa shape index (κ3) is 3.37. The number of nitrogens with two attached hydrogens (primary N) is 1. The lowest BCUT2D eigenvalue weighted by Gasteiger charge is -2.52.